The van der Waals surface area contributed by atoms with Crippen LogP contribution in [0.25, 0.3) is 0 Å². The second kappa shape index (κ2) is 5.20. The zero-order valence-corrected chi connectivity index (χ0v) is 11.8. The van der Waals surface area contributed by atoms with E-state index in [1.54, 1.807) is 11.3 Å². The SMILES string of the molecule is CCC1CCCCN1c1cc(Br)c(C#N)s1. The number of halogens is 1. The number of thiophene rings is 1. The van der Waals surface area contributed by atoms with Crippen LogP contribution in [0.4, 0.5) is 5.00 Å². The fourth-order valence-corrected chi connectivity index (χ4v) is 3.94. The lowest BCUT2D eigenvalue weighted by atomic mass is 10.0. The lowest BCUT2D eigenvalue weighted by Crippen LogP contribution is -2.38. The van der Waals surface area contributed by atoms with Gasteiger partial charge < -0.3 is 4.90 Å². The van der Waals surface area contributed by atoms with Crippen molar-refractivity contribution in [1.29, 1.82) is 5.26 Å². The summed E-state index contributed by atoms with van der Waals surface area (Å²) in [6, 6.07) is 4.99. The first-order valence-corrected chi connectivity index (χ1v) is 7.33. The predicted molar refractivity (Wildman–Crippen MR) is 72.0 cm³/mol. The molecule has 4 heteroatoms. The van der Waals surface area contributed by atoms with Crippen molar-refractivity contribution < 1.29 is 0 Å². The van der Waals surface area contributed by atoms with Gasteiger partial charge in [0.25, 0.3) is 0 Å². The van der Waals surface area contributed by atoms with Gasteiger partial charge in [0.2, 0.25) is 0 Å². The molecule has 1 fully saturated rings. The minimum atomic E-state index is 0.658. The van der Waals surface area contributed by atoms with Crippen LogP contribution in [0.3, 0.4) is 0 Å². The average molecular weight is 299 g/mol. The molecule has 0 bridgehead atoms. The second-order valence-electron chi connectivity index (χ2n) is 4.12. The Morgan fingerprint density at radius 2 is 2.44 bits per heavy atom. The van der Waals surface area contributed by atoms with Crippen molar-refractivity contribution in [3.8, 4) is 6.07 Å². The Bertz CT molecular complexity index is 408. The number of anilines is 1. The third-order valence-electron chi connectivity index (χ3n) is 3.16. The number of piperidine rings is 1. The highest BCUT2D eigenvalue weighted by atomic mass is 79.9. The summed E-state index contributed by atoms with van der Waals surface area (Å²) in [6.45, 7) is 3.38. The standard InChI is InChI=1S/C12H15BrN2S/c1-2-9-5-3-4-6-15(9)12-7-10(13)11(8-14)16-12/h7,9H,2-6H2,1H3. The molecule has 0 spiro atoms. The lowest BCUT2D eigenvalue weighted by Gasteiger charge is -2.35. The summed E-state index contributed by atoms with van der Waals surface area (Å²) in [7, 11) is 0. The Hall–Kier alpha value is -0.530. The number of hydrogen-bond donors (Lipinski definition) is 0. The molecule has 1 aliphatic heterocycles. The first-order chi connectivity index (χ1) is 7.76. The summed E-state index contributed by atoms with van der Waals surface area (Å²) >= 11 is 5.05. The highest BCUT2D eigenvalue weighted by Crippen LogP contribution is 2.36. The van der Waals surface area contributed by atoms with E-state index in [9.17, 15) is 0 Å². The zero-order valence-electron chi connectivity index (χ0n) is 9.37. The molecule has 0 radical (unpaired) electrons. The van der Waals surface area contributed by atoms with Crippen molar-refractivity contribution in [2.24, 2.45) is 0 Å². The molecule has 0 aromatic carbocycles. The van der Waals surface area contributed by atoms with Crippen molar-refractivity contribution >= 4 is 32.3 Å². The van der Waals surface area contributed by atoms with E-state index in [-0.39, 0.29) is 0 Å². The van der Waals surface area contributed by atoms with E-state index in [1.165, 1.54) is 30.7 Å². The van der Waals surface area contributed by atoms with E-state index in [2.05, 4.69) is 39.9 Å². The van der Waals surface area contributed by atoms with Gasteiger partial charge in [0.1, 0.15) is 10.9 Å². The summed E-state index contributed by atoms with van der Waals surface area (Å²) in [6.07, 6.45) is 5.09. The minimum absolute atomic E-state index is 0.658. The van der Waals surface area contributed by atoms with Crippen LogP contribution in [0.1, 0.15) is 37.5 Å². The van der Waals surface area contributed by atoms with Crippen molar-refractivity contribution in [3.63, 3.8) is 0 Å². The van der Waals surface area contributed by atoms with Gasteiger partial charge in [0, 0.05) is 17.1 Å². The highest BCUT2D eigenvalue weighted by molar-refractivity contribution is 9.10. The molecule has 0 amide bonds. The van der Waals surface area contributed by atoms with Crippen LogP contribution in [0, 0.1) is 11.3 Å². The lowest BCUT2D eigenvalue weighted by molar-refractivity contribution is 0.452. The molecular weight excluding hydrogens is 284 g/mol. The predicted octanol–water partition coefficient (Wildman–Crippen LogP) is 4.15. The second-order valence-corrected chi connectivity index (χ2v) is 6.01. The molecule has 2 rings (SSSR count). The Morgan fingerprint density at radius 1 is 1.62 bits per heavy atom. The van der Waals surface area contributed by atoms with E-state index in [4.69, 9.17) is 5.26 Å². The van der Waals surface area contributed by atoms with Gasteiger partial charge in [-0.2, -0.15) is 5.26 Å². The highest BCUT2D eigenvalue weighted by Gasteiger charge is 2.23. The van der Waals surface area contributed by atoms with E-state index >= 15 is 0 Å². The minimum Gasteiger partial charge on any atom is -0.360 e. The molecule has 0 aliphatic carbocycles. The topological polar surface area (TPSA) is 27.0 Å². The van der Waals surface area contributed by atoms with Crippen LogP contribution < -0.4 is 4.90 Å². The molecule has 2 heterocycles. The number of nitriles is 1. The Kier molecular flexibility index (Phi) is 3.88. The van der Waals surface area contributed by atoms with Crippen LogP contribution in [-0.2, 0) is 0 Å². The largest absolute Gasteiger partial charge is 0.360 e. The molecule has 1 aromatic rings. The molecule has 0 N–H and O–H groups in total. The molecule has 16 heavy (non-hydrogen) atoms. The van der Waals surface area contributed by atoms with E-state index in [0.29, 0.717) is 6.04 Å². The van der Waals surface area contributed by atoms with Gasteiger partial charge in [0.15, 0.2) is 0 Å². The van der Waals surface area contributed by atoms with Gasteiger partial charge in [-0.1, -0.05) is 6.92 Å². The van der Waals surface area contributed by atoms with Crippen LogP contribution in [0.2, 0.25) is 0 Å². The van der Waals surface area contributed by atoms with Crippen molar-refractivity contribution in [2.45, 2.75) is 38.6 Å². The van der Waals surface area contributed by atoms with Crippen molar-refractivity contribution in [1.82, 2.24) is 0 Å². The fraction of sp³-hybridized carbons (Fsp3) is 0.583. The maximum Gasteiger partial charge on any atom is 0.121 e. The molecule has 1 saturated heterocycles. The third kappa shape index (κ3) is 2.26. The van der Waals surface area contributed by atoms with Gasteiger partial charge in [-0.25, -0.2) is 0 Å². The third-order valence-corrected chi connectivity index (χ3v) is 5.12. The molecular formula is C12H15BrN2S. The summed E-state index contributed by atoms with van der Waals surface area (Å²) in [5.41, 5.74) is 0. The number of nitrogens with zero attached hydrogens (tertiary/aromatic N) is 2. The van der Waals surface area contributed by atoms with Gasteiger partial charge in [0.05, 0.1) is 5.00 Å². The van der Waals surface area contributed by atoms with Crippen LogP contribution >= 0.6 is 27.3 Å². The Morgan fingerprint density at radius 3 is 3.06 bits per heavy atom. The summed E-state index contributed by atoms with van der Waals surface area (Å²) in [5.74, 6) is 0. The van der Waals surface area contributed by atoms with Crippen LogP contribution in [0.15, 0.2) is 10.5 Å². The maximum absolute atomic E-state index is 8.97. The summed E-state index contributed by atoms with van der Waals surface area (Å²) in [4.78, 5) is 3.26. The van der Waals surface area contributed by atoms with E-state index in [1.807, 2.05) is 0 Å². The monoisotopic (exact) mass is 298 g/mol. The first kappa shape index (κ1) is 11.9. The van der Waals surface area contributed by atoms with E-state index < -0.39 is 0 Å². The normalized spacial score (nSPS) is 20.8. The van der Waals surface area contributed by atoms with Gasteiger partial charge in [-0.3, -0.25) is 0 Å². The summed E-state index contributed by atoms with van der Waals surface area (Å²) in [5, 5.41) is 10.2. The maximum atomic E-state index is 8.97. The molecule has 1 aromatic heterocycles. The smallest absolute Gasteiger partial charge is 0.121 e. The van der Waals surface area contributed by atoms with Crippen molar-refractivity contribution in [2.75, 3.05) is 11.4 Å². The van der Waals surface area contributed by atoms with Gasteiger partial charge >= 0.3 is 0 Å². The molecule has 1 aliphatic rings. The Balaban J connectivity index is 2.24. The molecule has 1 atom stereocenters. The number of rotatable bonds is 2. The molecule has 86 valence electrons. The molecule has 1 unspecified atom stereocenters. The van der Waals surface area contributed by atoms with Crippen LogP contribution in [0.5, 0.6) is 0 Å². The molecule has 2 nitrogen and oxygen atoms in total. The quantitative estimate of drug-likeness (QED) is 0.820. The average Bonchev–Trinajstić information content (AvgIpc) is 2.70. The fourth-order valence-electron chi connectivity index (χ4n) is 2.29. The van der Waals surface area contributed by atoms with Crippen LogP contribution in [-0.4, -0.2) is 12.6 Å². The summed E-state index contributed by atoms with van der Waals surface area (Å²) < 4.78 is 0.940. The first-order valence-electron chi connectivity index (χ1n) is 5.72. The zero-order chi connectivity index (χ0) is 11.5. The molecule has 0 saturated carbocycles. The van der Waals surface area contributed by atoms with Gasteiger partial charge in [-0.15, -0.1) is 11.3 Å². The number of hydrogen-bond acceptors (Lipinski definition) is 3. The van der Waals surface area contributed by atoms with Crippen molar-refractivity contribution in [3.05, 3.63) is 15.4 Å². The Labute approximate surface area is 109 Å². The van der Waals surface area contributed by atoms with E-state index in [0.717, 1.165) is 15.9 Å². The van der Waals surface area contributed by atoms with Gasteiger partial charge in [-0.05, 0) is 47.7 Å².